The number of benzene rings is 2. The molecule has 0 aliphatic rings. The Kier molecular flexibility index (Phi) is 3.70. The number of nitrogens with one attached hydrogen (secondary N) is 1. The van der Waals surface area contributed by atoms with Crippen LogP contribution in [0.5, 0.6) is 0 Å². The summed E-state index contributed by atoms with van der Waals surface area (Å²) in [6.45, 7) is 2.84. The second-order valence-corrected chi connectivity index (χ2v) is 5.72. The maximum absolute atomic E-state index is 4.23. The Morgan fingerprint density at radius 1 is 1.05 bits per heavy atom. The minimum absolute atomic E-state index is 0.778. The van der Waals surface area contributed by atoms with Gasteiger partial charge in [-0.1, -0.05) is 46.3 Å². The average molecular weight is 327 g/mol. The molecule has 100 valence electrons. The molecule has 20 heavy (non-hydrogen) atoms. The second kappa shape index (κ2) is 5.63. The molecule has 0 saturated heterocycles. The first-order valence-electron chi connectivity index (χ1n) is 6.56. The van der Waals surface area contributed by atoms with Crippen molar-refractivity contribution >= 4 is 32.4 Å². The van der Waals surface area contributed by atoms with Crippen molar-refractivity contribution in [2.24, 2.45) is 0 Å². The molecule has 0 aliphatic carbocycles. The van der Waals surface area contributed by atoms with Crippen LogP contribution in [0.25, 0.3) is 10.8 Å². The first-order chi connectivity index (χ1) is 9.74. The summed E-state index contributed by atoms with van der Waals surface area (Å²) in [5.41, 5.74) is 3.52. The van der Waals surface area contributed by atoms with Gasteiger partial charge in [0.25, 0.3) is 0 Å². The zero-order valence-electron chi connectivity index (χ0n) is 11.2. The van der Waals surface area contributed by atoms with Gasteiger partial charge in [0, 0.05) is 34.5 Å². The zero-order valence-corrected chi connectivity index (χ0v) is 12.8. The van der Waals surface area contributed by atoms with Crippen molar-refractivity contribution in [1.82, 2.24) is 4.98 Å². The molecule has 0 unspecified atom stereocenters. The van der Waals surface area contributed by atoms with Gasteiger partial charge in [0.1, 0.15) is 0 Å². The van der Waals surface area contributed by atoms with E-state index in [-0.39, 0.29) is 0 Å². The van der Waals surface area contributed by atoms with Gasteiger partial charge in [0.15, 0.2) is 0 Å². The van der Waals surface area contributed by atoms with E-state index in [1.54, 1.807) is 0 Å². The van der Waals surface area contributed by atoms with E-state index in [9.17, 15) is 0 Å². The van der Waals surface area contributed by atoms with Crippen LogP contribution in [0, 0.1) is 6.92 Å². The number of rotatable bonds is 3. The lowest BCUT2D eigenvalue weighted by Crippen LogP contribution is -2.00. The van der Waals surface area contributed by atoms with Gasteiger partial charge in [0.05, 0.1) is 0 Å². The summed E-state index contributed by atoms with van der Waals surface area (Å²) in [6.07, 6.45) is 3.78. The molecule has 1 aromatic heterocycles. The fraction of sp³-hybridized carbons (Fsp3) is 0.118. The van der Waals surface area contributed by atoms with E-state index in [0.29, 0.717) is 0 Å². The number of anilines is 1. The summed E-state index contributed by atoms with van der Waals surface area (Å²) in [5, 5.41) is 5.94. The minimum Gasteiger partial charge on any atom is -0.380 e. The van der Waals surface area contributed by atoms with Gasteiger partial charge in [-0.05, 0) is 35.6 Å². The molecule has 0 radical (unpaired) electrons. The third kappa shape index (κ3) is 2.68. The molecule has 0 saturated carbocycles. The summed E-state index contributed by atoms with van der Waals surface area (Å²) in [7, 11) is 0. The Hall–Kier alpha value is -1.87. The topological polar surface area (TPSA) is 24.9 Å². The summed E-state index contributed by atoms with van der Waals surface area (Å²) >= 11 is 3.60. The van der Waals surface area contributed by atoms with Crippen molar-refractivity contribution in [2.45, 2.75) is 13.5 Å². The lowest BCUT2D eigenvalue weighted by Gasteiger charge is -2.11. The van der Waals surface area contributed by atoms with Gasteiger partial charge in [-0.25, -0.2) is 0 Å². The van der Waals surface area contributed by atoms with Gasteiger partial charge < -0.3 is 5.32 Å². The molecular weight excluding hydrogens is 312 g/mol. The van der Waals surface area contributed by atoms with Crippen molar-refractivity contribution in [3.05, 3.63) is 70.5 Å². The molecule has 1 heterocycles. The van der Waals surface area contributed by atoms with Gasteiger partial charge in [-0.15, -0.1) is 0 Å². The minimum atomic E-state index is 0.778. The number of aryl methyl sites for hydroxylation is 1. The molecular formula is C17H15BrN2. The molecule has 2 nitrogen and oxygen atoms in total. The van der Waals surface area contributed by atoms with Gasteiger partial charge in [-0.2, -0.15) is 0 Å². The maximum Gasteiger partial charge on any atom is 0.0423 e. The summed E-state index contributed by atoms with van der Waals surface area (Å²) < 4.78 is 1.12. The number of aromatic nitrogens is 1. The molecule has 1 N–H and O–H groups in total. The smallest absolute Gasteiger partial charge is 0.0423 e. The van der Waals surface area contributed by atoms with E-state index in [4.69, 9.17) is 0 Å². The van der Waals surface area contributed by atoms with Gasteiger partial charge in [0.2, 0.25) is 0 Å². The Morgan fingerprint density at radius 2 is 1.85 bits per heavy atom. The predicted octanol–water partition coefficient (Wildman–Crippen LogP) is 4.92. The van der Waals surface area contributed by atoms with Crippen LogP contribution in [0.2, 0.25) is 0 Å². The highest BCUT2D eigenvalue weighted by Gasteiger charge is 2.03. The lowest BCUT2D eigenvalue weighted by atomic mass is 10.1. The summed E-state index contributed by atoms with van der Waals surface area (Å²) in [4.78, 5) is 4.23. The van der Waals surface area contributed by atoms with E-state index in [0.717, 1.165) is 16.7 Å². The highest BCUT2D eigenvalue weighted by Crippen LogP contribution is 2.30. The maximum atomic E-state index is 4.23. The number of pyridine rings is 1. The van der Waals surface area contributed by atoms with Crippen LogP contribution in [0.3, 0.4) is 0 Å². The van der Waals surface area contributed by atoms with Gasteiger partial charge in [-0.3, -0.25) is 4.98 Å². The van der Waals surface area contributed by atoms with E-state index < -0.39 is 0 Å². The molecule has 0 atom stereocenters. The number of nitrogens with zero attached hydrogens (tertiary/aromatic N) is 1. The van der Waals surface area contributed by atoms with Crippen LogP contribution in [-0.4, -0.2) is 4.98 Å². The number of hydrogen-bond acceptors (Lipinski definition) is 2. The monoisotopic (exact) mass is 326 g/mol. The van der Waals surface area contributed by atoms with E-state index in [2.05, 4.69) is 75.6 Å². The molecule has 0 spiro atoms. The zero-order chi connectivity index (χ0) is 13.9. The molecule has 3 heteroatoms. The number of hydrogen-bond donors (Lipinski definition) is 1. The molecule has 2 aromatic carbocycles. The molecule has 0 aliphatic heterocycles. The summed E-state index contributed by atoms with van der Waals surface area (Å²) in [5.74, 6) is 0. The molecule has 0 fully saturated rings. The Labute approximate surface area is 127 Å². The molecule has 0 bridgehead atoms. The fourth-order valence-electron chi connectivity index (χ4n) is 2.33. The number of halogens is 1. The van der Waals surface area contributed by atoms with Crippen molar-refractivity contribution < 1.29 is 0 Å². The lowest BCUT2D eigenvalue weighted by molar-refractivity contribution is 1.10. The quantitative estimate of drug-likeness (QED) is 0.739. The van der Waals surface area contributed by atoms with E-state index in [1.165, 1.54) is 21.9 Å². The van der Waals surface area contributed by atoms with Crippen molar-refractivity contribution in [1.29, 1.82) is 0 Å². The van der Waals surface area contributed by atoms with Crippen LogP contribution in [0.15, 0.2) is 59.3 Å². The third-order valence-electron chi connectivity index (χ3n) is 3.29. The number of fused-ring (bicyclic) bond motifs is 1. The molecule has 3 rings (SSSR count). The first kappa shape index (κ1) is 13.1. The van der Waals surface area contributed by atoms with Crippen LogP contribution in [0.4, 0.5) is 5.69 Å². The average Bonchev–Trinajstić information content (AvgIpc) is 2.47. The van der Waals surface area contributed by atoms with Crippen LogP contribution < -0.4 is 5.32 Å². The van der Waals surface area contributed by atoms with Crippen LogP contribution in [-0.2, 0) is 6.54 Å². The first-order valence-corrected chi connectivity index (χ1v) is 7.35. The van der Waals surface area contributed by atoms with E-state index >= 15 is 0 Å². The molecule has 3 aromatic rings. The van der Waals surface area contributed by atoms with Crippen LogP contribution in [0.1, 0.15) is 11.1 Å². The van der Waals surface area contributed by atoms with E-state index in [1.807, 2.05) is 12.4 Å². The standard InChI is InChI=1S/C17H15BrN2/c1-12-8-13(10-19-9-12)11-20-17-7-6-16(18)14-4-2-3-5-15(14)17/h2-10,20H,11H2,1H3. The van der Waals surface area contributed by atoms with Crippen LogP contribution >= 0.6 is 15.9 Å². The predicted molar refractivity (Wildman–Crippen MR) is 87.9 cm³/mol. The second-order valence-electron chi connectivity index (χ2n) is 4.86. The Balaban J connectivity index is 1.90. The summed E-state index contributed by atoms with van der Waals surface area (Å²) in [6, 6.07) is 14.7. The Bertz CT molecular complexity index is 753. The van der Waals surface area contributed by atoms with Gasteiger partial charge >= 0.3 is 0 Å². The molecule has 0 amide bonds. The largest absolute Gasteiger partial charge is 0.380 e. The van der Waals surface area contributed by atoms with Crippen molar-refractivity contribution in [3.8, 4) is 0 Å². The van der Waals surface area contributed by atoms with Crippen molar-refractivity contribution in [3.63, 3.8) is 0 Å². The normalized spacial score (nSPS) is 10.7. The fourth-order valence-corrected chi connectivity index (χ4v) is 2.81. The SMILES string of the molecule is Cc1cncc(CNc2ccc(Br)c3ccccc23)c1. The highest BCUT2D eigenvalue weighted by atomic mass is 79.9. The van der Waals surface area contributed by atoms with Crippen molar-refractivity contribution in [2.75, 3.05) is 5.32 Å². The third-order valence-corrected chi connectivity index (χ3v) is 3.98. The highest BCUT2D eigenvalue weighted by molar-refractivity contribution is 9.10. The Morgan fingerprint density at radius 3 is 2.65 bits per heavy atom.